The lowest BCUT2D eigenvalue weighted by molar-refractivity contribution is -0.124. The van der Waals surface area contributed by atoms with Gasteiger partial charge in [-0.2, -0.15) is 0 Å². The summed E-state index contributed by atoms with van der Waals surface area (Å²) in [5, 5.41) is 0. The summed E-state index contributed by atoms with van der Waals surface area (Å²) >= 11 is 0. The zero-order chi connectivity index (χ0) is 16.4. The van der Waals surface area contributed by atoms with Crippen LogP contribution in [0.3, 0.4) is 0 Å². The van der Waals surface area contributed by atoms with Crippen LogP contribution in [0.25, 0.3) is 0 Å². The third-order valence-corrected chi connectivity index (χ3v) is 4.23. The van der Waals surface area contributed by atoms with Gasteiger partial charge >= 0.3 is 0 Å². The highest BCUT2D eigenvalue weighted by atomic mass is 16.5. The molecule has 1 aliphatic rings. The molecule has 0 spiro atoms. The molecule has 0 unspecified atom stereocenters. The van der Waals surface area contributed by atoms with E-state index in [1.54, 1.807) is 0 Å². The highest BCUT2D eigenvalue weighted by Gasteiger charge is 2.27. The van der Waals surface area contributed by atoms with Gasteiger partial charge in [-0.3, -0.25) is 4.79 Å². The van der Waals surface area contributed by atoms with Crippen molar-refractivity contribution in [3.8, 4) is 5.75 Å². The maximum atomic E-state index is 12.8. The van der Waals surface area contributed by atoms with Gasteiger partial charge in [-0.05, 0) is 68.5 Å². The average Bonchev–Trinajstić information content (AvgIpc) is 2.52. The first-order valence-electron chi connectivity index (χ1n) is 8.19. The van der Waals surface area contributed by atoms with Crippen LogP contribution in [0.2, 0.25) is 0 Å². The summed E-state index contributed by atoms with van der Waals surface area (Å²) in [4.78, 5) is 14.7. The maximum Gasteiger partial charge on any atom is 0.267 e. The van der Waals surface area contributed by atoms with E-state index in [9.17, 15) is 4.79 Å². The monoisotopic (exact) mass is 309 g/mol. The molecule has 23 heavy (non-hydrogen) atoms. The lowest BCUT2D eigenvalue weighted by Crippen LogP contribution is -2.43. The molecule has 0 bridgehead atoms. The summed E-state index contributed by atoms with van der Waals surface area (Å²) in [6.45, 7) is 6.66. The number of hydrogen-bond donors (Lipinski definition) is 0. The van der Waals surface area contributed by atoms with E-state index < -0.39 is 6.10 Å². The van der Waals surface area contributed by atoms with Crippen LogP contribution in [0.15, 0.2) is 42.5 Å². The van der Waals surface area contributed by atoms with Gasteiger partial charge in [-0.25, -0.2) is 0 Å². The SMILES string of the molecule is Cc1cc(C)cc(O[C@@H](C)C(=O)N2CCCc3ccccc32)c1. The molecule has 1 aliphatic heterocycles. The van der Waals surface area contributed by atoms with Crippen molar-refractivity contribution >= 4 is 11.6 Å². The van der Waals surface area contributed by atoms with Crippen molar-refractivity contribution in [1.29, 1.82) is 0 Å². The average molecular weight is 309 g/mol. The van der Waals surface area contributed by atoms with Gasteiger partial charge in [0.05, 0.1) is 0 Å². The Morgan fingerprint density at radius 2 is 1.83 bits per heavy atom. The van der Waals surface area contributed by atoms with Crippen molar-refractivity contribution in [3.63, 3.8) is 0 Å². The maximum absolute atomic E-state index is 12.8. The molecule has 0 radical (unpaired) electrons. The molecule has 3 nitrogen and oxygen atoms in total. The van der Waals surface area contributed by atoms with Gasteiger partial charge < -0.3 is 9.64 Å². The molecule has 1 heterocycles. The molecule has 0 aliphatic carbocycles. The second-order valence-electron chi connectivity index (χ2n) is 6.31. The Morgan fingerprint density at radius 1 is 1.13 bits per heavy atom. The largest absolute Gasteiger partial charge is 0.481 e. The molecular formula is C20H23NO2. The molecule has 2 aromatic carbocycles. The number of ether oxygens (including phenoxy) is 1. The topological polar surface area (TPSA) is 29.5 Å². The number of rotatable bonds is 3. The van der Waals surface area contributed by atoms with Crippen LogP contribution in [-0.4, -0.2) is 18.6 Å². The molecule has 2 aromatic rings. The van der Waals surface area contributed by atoms with Gasteiger partial charge in [0.2, 0.25) is 0 Å². The first-order valence-corrected chi connectivity index (χ1v) is 8.19. The number of fused-ring (bicyclic) bond motifs is 1. The van der Waals surface area contributed by atoms with Gasteiger partial charge in [0.15, 0.2) is 6.10 Å². The predicted molar refractivity (Wildman–Crippen MR) is 93.1 cm³/mol. The fourth-order valence-electron chi connectivity index (χ4n) is 3.24. The van der Waals surface area contributed by atoms with E-state index in [0.717, 1.165) is 42.0 Å². The number of benzene rings is 2. The van der Waals surface area contributed by atoms with Gasteiger partial charge in [-0.1, -0.05) is 24.3 Å². The fraction of sp³-hybridized carbons (Fsp3) is 0.350. The van der Waals surface area contributed by atoms with E-state index in [1.807, 2.05) is 56.0 Å². The van der Waals surface area contributed by atoms with E-state index in [0.29, 0.717) is 0 Å². The Labute approximate surface area is 137 Å². The van der Waals surface area contributed by atoms with Crippen LogP contribution in [-0.2, 0) is 11.2 Å². The number of aryl methyl sites for hydroxylation is 3. The van der Waals surface area contributed by atoms with Crippen LogP contribution < -0.4 is 9.64 Å². The predicted octanol–water partition coefficient (Wildman–Crippen LogP) is 4.05. The van der Waals surface area contributed by atoms with E-state index >= 15 is 0 Å². The Hall–Kier alpha value is -2.29. The van der Waals surface area contributed by atoms with Crippen LogP contribution in [0.4, 0.5) is 5.69 Å². The van der Waals surface area contributed by atoms with E-state index in [-0.39, 0.29) is 5.91 Å². The second kappa shape index (κ2) is 6.45. The summed E-state index contributed by atoms with van der Waals surface area (Å²) < 4.78 is 5.91. The Bertz CT molecular complexity index is 703. The molecule has 3 heteroatoms. The van der Waals surface area contributed by atoms with Gasteiger partial charge in [-0.15, -0.1) is 0 Å². The number of amides is 1. The third-order valence-electron chi connectivity index (χ3n) is 4.23. The zero-order valence-corrected chi connectivity index (χ0v) is 14.0. The Balaban J connectivity index is 1.78. The number of nitrogens with zero attached hydrogens (tertiary/aromatic N) is 1. The number of carbonyl (C=O) groups is 1. The van der Waals surface area contributed by atoms with Crippen LogP contribution in [0, 0.1) is 13.8 Å². The summed E-state index contributed by atoms with van der Waals surface area (Å²) in [7, 11) is 0. The smallest absolute Gasteiger partial charge is 0.267 e. The van der Waals surface area contributed by atoms with E-state index in [4.69, 9.17) is 4.74 Å². The molecule has 3 rings (SSSR count). The quantitative estimate of drug-likeness (QED) is 0.856. The fourth-order valence-corrected chi connectivity index (χ4v) is 3.24. The van der Waals surface area contributed by atoms with Crippen LogP contribution in [0.1, 0.15) is 30.0 Å². The summed E-state index contributed by atoms with van der Waals surface area (Å²) in [6.07, 6.45) is 1.54. The van der Waals surface area contributed by atoms with Crippen molar-refractivity contribution in [1.82, 2.24) is 0 Å². The number of carbonyl (C=O) groups excluding carboxylic acids is 1. The third kappa shape index (κ3) is 3.39. The number of para-hydroxylation sites is 1. The molecule has 1 amide bonds. The lowest BCUT2D eigenvalue weighted by atomic mass is 10.0. The minimum Gasteiger partial charge on any atom is -0.481 e. The first-order chi connectivity index (χ1) is 11.0. The van der Waals surface area contributed by atoms with Crippen molar-refractivity contribution in [2.75, 3.05) is 11.4 Å². The highest BCUT2D eigenvalue weighted by molar-refractivity contribution is 5.97. The van der Waals surface area contributed by atoms with Crippen LogP contribution >= 0.6 is 0 Å². The molecule has 1 atom stereocenters. The summed E-state index contributed by atoms with van der Waals surface area (Å²) in [5.74, 6) is 0.782. The van der Waals surface area contributed by atoms with Gasteiger partial charge in [0, 0.05) is 12.2 Å². The minimum absolute atomic E-state index is 0.0244. The van der Waals surface area contributed by atoms with Crippen molar-refractivity contribution in [3.05, 3.63) is 59.2 Å². The second-order valence-corrected chi connectivity index (χ2v) is 6.31. The van der Waals surface area contributed by atoms with Crippen molar-refractivity contribution in [2.45, 2.75) is 39.7 Å². The molecule has 120 valence electrons. The highest BCUT2D eigenvalue weighted by Crippen LogP contribution is 2.28. The van der Waals surface area contributed by atoms with Gasteiger partial charge in [0.1, 0.15) is 5.75 Å². The first kappa shape index (κ1) is 15.6. The lowest BCUT2D eigenvalue weighted by Gasteiger charge is -2.31. The Kier molecular flexibility index (Phi) is 4.37. The number of hydrogen-bond acceptors (Lipinski definition) is 2. The molecule has 0 saturated heterocycles. The van der Waals surface area contributed by atoms with Gasteiger partial charge in [0.25, 0.3) is 5.91 Å². The van der Waals surface area contributed by atoms with Crippen molar-refractivity contribution in [2.24, 2.45) is 0 Å². The standard InChI is InChI=1S/C20H23NO2/c1-14-11-15(2)13-18(12-14)23-16(3)20(22)21-10-6-8-17-7-4-5-9-19(17)21/h4-5,7,9,11-13,16H,6,8,10H2,1-3H3/t16-/m0/s1. The summed E-state index contributed by atoms with van der Waals surface area (Å²) in [6, 6.07) is 14.2. The zero-order valence-electron chi connectivity index (χ0n) is 14.0. The van der Waals surface area contributed by atoms with Crippen LogP contribution in [0.5, 0.6) is 5.75 Å². The normalized spacial score (nSPS) is 15.0. The molecular weight excluding hydrogens is 286 g/mol. The Morgan fingerprint density at radius 3 is 2.57 bits per heavy atom. The minimum atomic E-state index is -0.498. The molecule has 0 fully saturated rings. The molecule has 0 N–H and O–H groups in total. The summed E-state index contributed by atoms with van der Waals surface area (Å²) in [5.41, 5.74) is 4.55. The van der Waals surface area contributed by atoms with Crippen molar-refractivity contribution < 1.29 is 9.53 Å². The van der Waals surface area contributed by atoms with E-state index in [1.165, 1.54) is 5.56 Å². The van der Waals surface area contributed by atoms with E-state index in [2.05, 4.69) is 12.1 Å². The number of anilines is 1. The molecule has 0 saturated carbocycles. The molecule has 0 aromatic heterocycles.